The summed E-state index contributed by atoms with van der Waals surface area (Å²) >= 11 is 0. The fraction of sp³-hybridized carbons (Fsp3) is 0.462. The Morgan fingerprint density at radius 1 is 1.28 bits per heavy atom. The maximum absolute atomic E-state index is 5.72. The molecule has 0 saturated heterocycles. The third kappa shape index (κ3) is 4.16. The molecule has 0 heterocycles. The van der Waals surface area contributed by atoms with Gasteiger partial charge in [0, 0.05) is 6.54 Å². The van der Waals surface area contributed by atoms with Gasteiger partial charge in [0.2, 0.25) is 0 Å². The highest BCUT2D eigenvalue weighted by Crippen LogP contribution is 2.27. The van der Waals surface area contributed by atoms with Gasteiger partial charge in [-0.2, -0.15) is 0 Å². The lowest BCUT2D eigenvalue weighted by molar-refractivity contribution is 0.354. The van der Waals surface area contributed by atoms with Gasteiger partial charge in [-0.1, -0.05) is 13.0 Å². The number of hydrogen-bond donors (Lipinski definition) is 2. The smallest absolute Gasteiger partial charge is 0.188 e. The van der Waals surface area contributed by atoms with Gasteiger partial charge >= 0.3 is 0 Å². The molecule has 0 amide bonds. The molecule has 1 aromatic carbocycles. The third-order valence-electron chi connectivity index (χ3n) is 2.44. The Balaban J connectivity index is 2.67. The van der Waals surface area contributed by atoms with E-state index in [0.717, 1.165) is 18.5 Å². The quantitative estimate of drug-likeness (QED) is 0.594. The van der Waals surface area contributed by atoms with Crippen LogP contribution in [-0.2, 0) is 6.54 Å². The Bertz CT molecular complexity index is 405. The van der Waals surface area contributed by atoms with E-state index in [1.807, 2.05) is 18.2 Å². The van der Waals surface area contributed by atoms with Crippen LogP contribution in [0.5, 0.6) is 11.5 Å². The van der Waals surface area contributed by atoms with Gasteiger partial charge < -0.3 is 20.5 Å². The number of methoxy groups -OCH3 is 2. The van der Waals surface area contributed by atoms with Gasteiger partial charge in [-0.25, -0.2) is 4.99 Å². The molecule has 0 unspecified atom stereocenters. The van der Waals surface area contributed by atoms with Crippen LogP contribution in [0, 0.1) is 0 Å². The summed E-state index contributed by atoms with van der Waals surface area (Å²) in [5.74, 6) is 1.87. The second-order valence-corrected chi connectivity index (χ2v) is 3.82. The van der Waals surface area contributed by atoms with Crippen molar-refractivity contribution in [2.75, 3.05) is 20.8 Å². The van der Waals surface area contributed by atoms with Crippen molar-refractivity contribution in [3.63, 3.8) is 0 Å². The molecule has 0 radical (unpaired) electrons. The topological polar surface area (TPSA) is 68.9 Å². The number of hydrogen-bond acceptors (Lipinski definition) is 3. The second-order valence-electron chi connectivity index (χ2n) is 3.82. The standard InChI is InChI=1S/C13H21N3O2/c1-4-7-15-13(14)16-9-10-5-6-11(17-2)12(8-10)18-3/h5-6,8H,4,7,9H2,1-3H3,(H3,14,15,16). The molecule has 1 aromatic rings. The van der Waals surface area contributed by atoms with E-state index >= 15 is 0 Å². The highest BCUT2D eigenvalue weighted by molar-refractivity contribution is 5.77. The van der Waals surface area contributed by atoms with Crippen LogP contribution >= 0.6 is 0 Å². The lowest BCUT2D eigenvalue weighted by Crippen LogP contribution is -2.32. The molecular weight excluding hydrogens is 230 g/mol. The zero-order chi connectivity index (χ0) is 13.4. The number of aliphatic imine (C=N–C) groups is 1. The summed E-state index contributed by atoms with van der Waals surface area (Å²) in [6.07, 6.45) is 1.02. The summed E-state index contributed by atoms with van der Waals surface area (Å²) in [4.78, 5) is 4.25. The molecule has 1 rings (SSSR count). The zero-order valence-electron chi connectivity index (χ0n) is 11.2. The van der Waals surface area contributed by atoms with Gasteiger partial charge in [-0.05, 0) is 24.1 Å². The molecule has 100 valence electrons. The summed E-state index contributed by atoms with van der Waals surface area (Å²) in [6, 6.07) is 5.70. The van der Waals surface area contributed by atoms with E-state index in [-0.39, 0.29) is 0 Å². The number of rotatable bonds is 6. The summed E-state index contributed by atoms with van der Waals surface area (Å²) in [5.41, 5.74) is 6.74. The highest BCUT2D eigenvalue weighted by atomic mass is 16.5. The van der Waals surface area contributed by atoms with Crippen molar-refractivity contribution in [2.45, 2.75) is 19.9 Å². The summed E-state index contributed by atoms with van der Waals surface area (Å²) in [7, 11) is 3.23. The number of nitrogens with zero attached hydrogens (tertiary/aromatic N) is 1. The molecule has 5 heteroatoms. The molecule has 0 aliphatic carbocycles. The van der Waals surface area contributed by atoms with Crippen LogP contribution in [0.25, 0.3) is 0 Å². The van der Waals surface area contributed by atoms with E-state index in [4.69, 9.17) is 15.2 Å². The van der Waals surface area contributed by atoms with E-state index in [1.54, 1.807) is 14.2 Å². The Hall–Kier alpha value is -1.91. The molecule has 0 aliphatic heterocycles. The van der Waals surface area contributed by atoms with E-state index < -0.39 is 0 Å². The van der Waals surface area contributed by atoms with Crippen molar-refractivity contribution in [1.29, 1.82) is 0 Å². The molecule has 3 N–H and O–H groups in total. The van der Waals surface area contributed by atoms with Crippen molar-refractivity contribution in [3.05, 3.63) is 23.8 Å². The minimum absolute atomic E-state index is 0.464. The van der Waals surface area contributed by atoms with Crippen molar-refractivity contribution in [1.82, 2.24) is 5.32 Å². The third-order valence-corrected chi connectivity index (χ3v) is 2.44. The SMILES string of the molecule is CCCNC(N)=NCc1ccc(OC)c(OC)c1. The van der Waals surface area contributed by atoms with Gasteiger partial charge in [0.1, 0.15) is 0 Å². The Morgan fingerprint density at radius 3 is 2.61 bits per heavy atom. The molecule has 5 nitrogen and oxygen atoms in total. The number of nitrogens with one attached hydrogen (secondary N) is 1. The molecule has 0 atom stereocenters. The molecule has 0 aromatic heterocycles. The van der Waals surface area contributed by atoms with Crippen LogP contribution < -0.4 is 20.5 Å². The molecule has 0 bridgehead atoms. The number of nitrogens with two attached hydrogens (primary N) is 1. The summed E-state index contributed by atoms with van der Waals surface area (Å²) in [6.45, 7) is 3.43. The Morgan fingerprint density at radius 2 is 2.00 bits per heavy atom. The van der Waals surface area contributed by atoms with Crippen molar-refractivity contribution in [3.8, 4) is 11.5 Å². The first-order valence-corrected chi connectivity index (χ1v) is 5.96. The second kappa shape index (κ2) is 7.42. The lowest BCUT2D eigenvalue weighted by Gasteiger charge is -2.09. The van der Waals surface area contributed by atoms with E-state index in [1.165, 1.54) is 0 Å². The lowest BCUT2D eigenvalue weighted by atomic mass is 10.2. The van der Waals surface area contributed by atoms with Gasteiger partial charge in [0.15, 0.2) is 17.5 Å². The first kappa shape index (κ1) is 14.2. The van der Waals surface area contributed by atoms with Crippen LogP contribution in [0.15, 0.2) is 23.2 Å². The van der Waals surface area contributed by atoms with Crippen molar-refractivity contribution >= 4 is 5.96 Å². The monoisotopic (exact) mass is 251 g/mol. The maximum Gasteiger partial charge on any atom is 0.188 e. The van der Waals surface area contributed by atoms with Gasteiger partial charge in [-0.15, -0.1) is 0 Å². The predicted octanol–water partition coefficient (Wildman–Crippen LogP) is 1.52. The van der Waals surface area contributed by atoms with E-state index in [9.17, 15) is 0 Å². The van der Waals surface area contributed by atoms with Crippen LogP contribution in [0.4, 0.5) is 0 Å². The zero-order valence-corrected chi connectivity index (χ0v) is 11.2. The van der Waals surface area contributed by atoms with Gasteiger partial charge in [0.25, 0.3) is 0 Å². The molecule has 0 saturated carbocycles. The molecule has 0 aliphatic rings. The summed E-state index contributed by atoms with van der Waals surface area (Å²) in [5, 5.41) is 3.03. The minimum atomic E-state index is 0.464. The summed E-state index contributed by atoms with van der Waals surface area (Å²) < 4.78 is 10.4. The van der Waals surface area contributed by atoms with Crippen LogP contribution in [0.1, 0.15) is 18.9 Å². The largest absolute Gasteiger partial charge is 0.493 e. The molecule has 0 spiro atoms. The van der Waals surface area contributed by atoms with Crippen LogP contribution in [0.3, 0.4) is 0 Å². The number of ether oxygens (including phenoxy) is 2. The van der Waals surface area contributed by atoms with Crippen LogP contribution in [-0.4, -0.2) is 26.7 Å². The molecular formula is C13H21N3O2. The fourth-order valence-corrected chi connectivity index (χ4v) is 1.46. The average Bonchev–Trinajstić information content (AvgIpc) is 2.42. The number of guanidine groups is 1. The highest BCUT2D eigenvalue weighted by Gasteiger charge is 2.03. The van der Waals surface area contributed by atoms with E-state index in [2.05, 4.69) is 17.2 Å². The first-order chi connectivity index (χ1) is 8.71. The number of benzene rings is 1. The normalized spacial score (nSPS) is 11.2. The minimum Gasteiger partial charge on any atom is -0.493 e. The fourth-order valence-electron chi connectivity index (χ4n) is 1.46. The van der Waals surface area contributed by atoms with Crippen molar-refractivity contribution in [2.24, 2.45) is 10.7 Å². The van der Waals surface area contributed by atoms with Crippen LogP contribution in [0.2, 0.25) is 0 Å². The first-order valence-electron chi connectivity index (χ1n) is 5.96. The van der Waals surface area contributed by atoms with E-state index in [0.29, 0.717) is 24.0 Å². The Kier molecular flexibility index (Phi) is 5.84. The van der Waals surface area contributed by atoms with Gasteiger partial charge in [-0.3, -0.25) is 0 Å². The Labute approximate surface area is 108 Å². The predicted molar refractivity (Wildman–Crippen MR) is 73.2 cm³/mol. The molecule has 0 fully saturated rings. The maximum atomic E-state index is 5.72. The van der Waals surface area contributed by atoms with Gasteiger partial charge in [0.05, 0.1) is 20.8 Å². The van der Waals surface area contributed by atoms with Crippen molar-refractivity contribution < 1.29 is 9.47 Å². The average molecular weight is 251 g/mol. The molecule has 18 heavy (non-hydrogen) atoms.